The molecule has 0 bridgehead atoms. The van der Waals surface area contributed by atoms with Gasteiger partial charge in [-0.1, -0.05) is 0 Å². The van der Waals surface area contributed by atoms with Crippen LogP contribution in [0.25, 0.3) is 5.82 Å². The molecule has 2 rings (SSSR count). The molecule has 0 amide bonds. The average Bonchev–Trinajstić information content (AvgIpc) is 2.51. The van der Waals surface area contributed by atoms with E-state index in [1.165, 1.54) is 0 Å². The predicted octanol–water partition coefficient (Wildman–Crippen LogP) is 2.50. The number of pyridine rings is 1. The number of rotatable bonds is 1. The molecule has 0 unspecified atom stereocenters. The summed E-state index contributed by atoms with van der Waals surface area (Å²) in [5, 5.41) is 4.17. The zero-order valence-electron chi connectivity index (χ0n) is 7.28. The van der Waals surface area contributed by atoms with E-state index in [4.69, 9.17) is 0 Å². The van der Waals surface area contributed by atoms with Crippen molar-refractivity contribution in [1.82, 2.24) is 19.7 Å². The highest BCUT2D eigenvalue weighted by atomic mass is 79.9. The van der Waals surface area contributed by atoms with Gasteiger partial charge in [0.05, 0.1) is 4.47 Å². The van der Waals surface area contributed by atoms with Gasteiger partial charge in [-0.3, -0.25) is 0 Å². The Balaban J connectivity index is 2.52. The van der Waals surface area contributed by atoms with Crippen molar-refractivity contribution < 1.29 is 0 Å². The van der Waals surface area contributed by atoms with Gasteiger partial charge in [0.2, 0.25) is 0 Å². The molecule has 0 fully saturated rings. The van der Waals surface area contributed by atoms with Crippen molar-refractivity contribution in [3.05, 3.63) is 33.4 Å². The van der Waals surface area contributed by atoms with E-state index in [0.29, 0.717) is 0 Å². The molecular weight excluding hydrogens is 312 g/mol. The summed E-state index contributed by atoms with van der Waals surface area (Å²) in [5.74, 6) is 1.45. The Morgan fingerprint density at radius 2 is 2.07 bits per heavy atom. The molecule has 0 saturated heterocycles. The van der Waals surface area contributed by atoms with Crippen LogP contribution in [0.15, 0.2) is 27.5 Å². The predicted molar refractivity (Wildman–Crippen MR) is 59.3 cm³/mol. The Hall–Kier alpha value is -0.750. The number of nitrogens with zero attached hydrogens (tertiary/aromatic N) is 4. The van der Waals surface area contributed by atoms with Gasteiger partial charge in [-0.05, 0) is 44.8 Å². The molecule has 0 saturated carbocycles. The second-order valence-corrected chi connectivity index (χ2v) is 4.47. The number of hydrogen-bond acceptors (Lipinski definition) is 3. The first kappa shape index (κ1) is 9.79. The fourth-order valence-corrected chi connectivity index (χ4v) is 2.19. The molecular formula is C8H6Br2N4. The van der Waals surface area contributed by atoms with Crippen LogP contribution in [0.3, 0.4) is 0 Å². The smallest absolute Gasteiger partial charge is 0.169 e. The second-order valence-electron chi connectivity index (χ2n) is 2.70. The molecule has 2 heterocycles. The van der Waals surface area contributed by atoms with Crippen LogP contribution in [0.4, 0.5) is 0 Å². The van der Waals surface area contributed by atoms with E-state index in [0.717, 1.165) is 20.6 Å². The molecule has 72 valence electrons. The monoisotopic (exact) mass is 316 g/mol. The maximum atomic E-state index is 4.23. The Labute approximate surface area is 97.6 Å². The van der Waals surface area contributed by atoms with Crippen molar-refractivity contribution in [1.29, 1.82) is 0 Å². The summed E-state index contributed by atoms with van der Waals surface area (Å²) in [4.78, 5) is 8.26. The van der Waals surface area contributed by atoms with Gasteiger partial charge in [0.1, 0.15) is 12.2 Å². The zero-order valence-corrected chi connectivity index (χ0v) is 10.4. The molecule has 2 aromatic rings. The summed E-state index contributed by atoms with van der Waals surface area (Å²) in [5.41, 5.74) is 0. The summed E-state index contributed by atoms with van der Waals surface area (Å²) < 4.78 is 3.42. The zero-order chi connectivity index (χ0) is 10.1. The lowest BCUT2D eigenvalue weighted by atomic mass is 10.5. The van der Waals surface area contributed by atoms with Crippen molar-refractivity contribution in [3.63, 3.8) is 0 Å². The molecule has 2 aromatic heterocycles. The lowest BCUT2D eigenvalue weighted by molar-refractivity contribution is 0.826. The molecule has 4 nitrogen and oxygen atoms in total. The van der Waals surface area contributed by atoms with Crippen LogP contribution in [0.1, 0.15) is 5.82 Å². The van der Waals surface area contributed by atoms with Crippen LogP contribution < -0.4 is 0 Å². The van der Waals surface area contributed by atoms with E-state index in [-0.39, 0.29) is 0 Å². The topological polar surface area (TPSA) is 43.6 Å². The highest BCUT2D eigenvalue weighted by molar-refractivity contribution is 9.11. The van der Waals surface area contributed by atoms with Crippen molar-refractivity contribution in [2.75, 3.05) is 0 Å². The summed E-state index contributed by atoms with van der Waals surface area (Å²) >= 11 is 6.75. The van der Waals surface area contributed by atoms with Gasteiger partial charge in [0, 0.05) is 10.7 Å². The van der Waals surface area contributed by atoms with Crippen LogP contribution in [0.2, 0.25) is 0 Å². The van der Waals surface area contributed by atoms with Crippen molar-refractivity contribution >= 4 is 31.9 Å². The van der Waals surface area contributed by atoms with E-state index in [9.17, 15) is 0 Å². The Bertz CT molecular complexity index is 466. The van der Waals surface area contributed by atoms with Crippen LogP contribution in [0, 0.1) is 6.92 Å². The maximum Gasteiger partial charge on any atom is 0.169 e. The van der Waals surface area contributed by atoms with Gasteiger partial charge >= 0.3 is 0 Å². The van der Waals surface area contributed by atoms with E-state index < -0.39 is 0 Å². The fourth-order valence-electron chi connectivity index (χ4n) is 1.02. The van der Waals surface area contributed by atoms with Crippen LogP contribution in [-0.2, 0) is 0 Å². The molecule has 0 radical (unpaired) electrons. The van der Waals surface area contributed by atoms with Crippen LogP contribution in [-0.4, -0.2) is 19.7 Å². The van der Waals surface area contributed by atoms with Gasteiger partial charge < -0.3 is 0 Å². The fraction of sp³-hybridized carbons (Fsp3) is 0.125. The molecule has 0 spiro atoms. The Kier molecular flexibility index (Phi) is 2.64. The van der Waals surface area contributed by atoms with E-state index in [1.54, 1.807) is 17.2 Å². The molecule has 0 aliphatic heterocycles. The largest absolute Gasteiger partial charge is 0.235 e. The van der Waals surface area contributed by atoms with Gasteiger partial charge in [-0.25, -0.2) is 14.6 Å². The van der Waals surface area contributed by atoms with E-state index in [1.807, 2.05) is 13.0 Å². The van der Waals surface area contributed by atoms with Crippen LogP contribution >= 0.6 is 31.9 Å². The summed E-state index contributed by atoms with van der Waals surface area (Å²) in [6, 6.07) is 1.92. The third-order valence-corrected chi connectivity index (χ3v) is 2.63. The van der Waals surface area contributed by atoms with Crippen molar-refractivity contribution in [2.45, 2.75) is 6.92 Å². The minimum absolute atomic E-state index is 0.724. The first-order valence-electron chi connectivity index (χ1n) is 3.86. The third-order valence-electron chi connectivity index (χ3n) is 1.61. The number of hydrogen-bond donors (Lipinski definition) is 0. The molecule has 0 aromatic carbocycles. The first-order chi connectivity index (χ1) is 6.66. The standard InChI is InChI=1S/C8H6Br2N4/c1-5-12-4-14(13-5)8-7(10)2-6(9)3-11-8/h2-4H,1H3. The minimum Gasteiger partial charge on any atom is -0.235 e. The maximum absolute atomic E-state index is 4.23. The normalized spacial score (nSPS) is 10.5. The summed E-state index contributed by atoms with van der Waals surface area (Å²) in [6.07, 6.45) is 3.35. The van der Waals surface area contributed by atoms with E-state index >= 15 is 0 Å². The molecule has 0 aliphatic carbocycles. The third kappa shape index (κ3) is 1.85. The van der Waals surface area contributed by atoms with Gasteiger partial charge in [-0.2, -0.15) is 5.10 Å². The average molecular weight is 318 g/mol. The molecule has 0 N–H and O–H groups in total. The van der Waals surface area contributed by atoms with Crippen molar-refractivity contribution in [3.8, 4) is 5.82 Å². The Morgan fingerprint density at radius 1 is 1.29 bits per heavy atom. The van der Waals surface area contributed by atoms with Gasteiger partial charge in [-0.15, -0.1) is 0 Å². The Morgan fingerprint density at radius 3 is 2.64 bits per heavy atom. The first-order valence-corrected chi connectivity index (χ1v) is 5.45. The number of halogens is 2. The highest BCUT2D eigenvalue weighted by Crippen LogP contribution is 2.21. The molecule has 14 heavy (non-hydrogen) atoms. The molecule has 0 aliphatic rings. The number of aryl methyl sites for hydroxylation is 1. The summed E-state index contributed by atoms with van der Waals surface area (Å²) in [6.45, 7) is 1.84. The lowest BCUT2D eigenvalue weighted by Crippen LogP contribution is -1.99. The van der Waals surface area contributed by atoms with Crippen LogP contribution in [0.5, 0.6) is 0 Å². The van der Waals surface area contributed by atoms with Gasteiger partial charge in [0.25, 0.3) is 0 Å². The summed E-state index contributed by atoms with van der Waals surface area (Å²) in [7, 11) is 0. The second kappa shape index (κ2) is 3.78. The van der Waals surface area contributed by atoms with Gasteiger partial charge in [0.15, 0.2) is 5.82 Å². The highest BCUT2D eigenvalue weighted by Gasteiger charge is 2.05. The van der Waals surface area contributed by atoms with E-state index in [2.05, 4.69) is 46.9 Å². The molecule has 6 heteroatoms. The lowest BCUT2D eigenvalue weighted by Gasteiger charge is -2.01. The molecule has 0 atom stereocenters. The van der Waals surface area contributed by atoms with Crippen molar-refractivity contribution in [2.24, 2.45) is 0 Å². The number of aromatic nitrogens is 4. The minimum atomic E-state index is 0.724. The quantitative estimate of drug-likeness (QED) is 0.811. The SMILES string of the molecule is Cc1ncn(-c2ncc(Br)cc2Br)n1.